The average Bonchev–Trinajstić information content (AvgIpc) is 2.50. The van der Waals surface area contributed by atoms with E-state index < -0.39 is 0 Å². The number of carbonyl (C=O) groups is 1. The zero-order chi connectivity index (χ0) is 15.1. The molecule has 0 aliphatic heterocycles. The molecule has 20 heavy (non-hydrogen) atoms. The number of allylic oxidation sites excluding steroid dienone is 1. The number of ketones is 1. The first-order valence-corrected chi connectivity index (χ1v) is 7.27. The second-order valence-electron chi connectivity index (χ2n) is 6.83. The van der Waals surface area contributed by atoms with Crippen LogP contribution in [0.5, 0.6) is 5.75 Å². The van der Waals surface area contributed by atoms with Crippen LogP contribution in [0.1, 0.15) is 46.6 Å². The molecule has 0 radical (unpaired) electrons. The van der Waals surface area contributed by atoms with Crippen LogP contribution in [-0.4, -0.2) is 10.9 Å². The number of Topliss-reactive ketones (excluding diaryl/α,β-unsaturated/α-hetero) is 1. The molecule has 108 valence electrons. The van der Waals surface area contributed by atoms with Crippen LogP contribution >= 0.6 is 0 Å². The lowest BCUT2D eigenvalue weighted by Crippen LogP contribution is -2.34. The first-order chi connectivity index (χ1) is 9.21. The highest BCUT2D eigenvalue weighted by Gasteiger charge is 2.56. The molecule has 1 N–H and O–H groups in total. The molecule has 0 bridgehead atoms. The van der Waals surface area contributed by atoms with E-state index in [9.17, 15) is 9.90 Å². The number of phenolic OH excluding ortho intramolecular Hbond substituents is 1. The second-order valence-corrected chi connectivity index (χ2v) is 6.83. The molecule has 2 heteroatoms. The molecule has 1 aliphatic rings. The Kier molecular flexibility index (Phi) is 3.53. The van der Waals surface area contributed by atoms with Crippen LogP contribution in [-0.2, 0) is 4.79 Å². The highest BCUT2D eigenvalue weighted by molar-refractivity contribution is 6.06. The monoisotopic (exact) mass is 272 g/mol. The van der Waals surface area contributed by atoms with E-state index in [-0.39, 0.29) is 28.3 Å². The zero-order valence-electron chi connectivity index (χ0n) is 13.0. The van der Waals surface area contributed by atoms with Crippen molar-refractivity contribution >= 4 is 11.9 Å². The molecule has 0 spiro atoms. The average molecular weight is 272 g/mol. The molecule has 1 aliphatic carbocycles. The van der Waals surface area contributed by atoms with Gasteiger partial charge in [-0.05, 0) is 47.1 Å². The minimum absolute atomic E-state index is 0.0401. The van der Waals surface area contributed by atoms with Gasteiger partial charge in [-0.15, -0.1) is 0 Å². The van der Waals surface area contributed by atoms with Crippen molar-refractivity contribution in [2.75, 3.05) is 0 Å². The maximum absolute atomic E-state index is 12.8. The fourth-order valence-corrected chi connectivity index (χ4v) is 3.28. The van der Waals surface area contributed by atoms with Gasteiger partial charge in [0.15, 0.2) is 5.78 Å². The molecule has 1 atom stereocenters. The minimum atomic E-state index is -0.337. The van der Waals surface area contributed by atoms with Crippen molar-refractivity contribution in [3.8, 4) is 5.75 Å². The predicted octanol–water partition coefficient (Wildman–Crippen LogP) is 4.44. The summed E-state index contributed by atoms with van der Waals surface area (Å²) >= 11 is 0. The van der Waals surface area contributed by atoms with Gasteiger partial charge in [0.2, 0.25) is 0 Å². The third-order valence-corrected chi connectivity index (χ3v) is 5.31. The molecule has 1 unspecified atom stereocenters. The number of carbonyl (C=O) groups excluding carboxylic acids is 1. The van der Waals surface area contributed by atoms with Gasteiger partial charge >= 0.3 is 0 Å². The Morgan fingerprint density at radius 1 is 1.15 bits per heavy atom. The van der Waals surface area contributed by atoms with Crippen molar-refractivity contribution in [2.45, 2.75) is 41.0 Å². The van der Waals surface area contributed by atoms with E-state index >= 15 is 0 Å². The minimum Gasteiger partial charge on any atom is -0.508 e. The summed E-state index contributed by atoms with van der Waals surface area (Å²) in [6.45, 7) is 10.6. The van der Waals surface area contributed by atoms with Gasteiger partial charge in [0, 0.05) is 5.41 Å². The topological polar surface area (TPSA) is 37.3 Å². The van der Waals surface area contributed by atoms with E-state index in [1.54, 1.807) is 12.1 Å². The zero-order valence-corrected chi connectivity index (χ0v) is 13.0. The van der Waals surface area contributed by atoms with Crippen molar-refractivity contribution in [3.63, 3.8) is 0 Å². The van der Waals surface area contributed by atoms with Gasteiger partial charge in [-0.1, -0.05) is 46.8 Å². The molecule has 0 amide bonds. The maximum atomic E-state index is 12.8. The van der Waals surface area contributed by atoms with Crippen molar-refractivity contribution < 1.29 is 9.90 Å². The number of hydrogen-bond donors (Lipinski definition) is 1. The van der Waals surface area contributed by atoms with E-state index in [4.69, 9.17) is 0 Å². The van der Waals surface area contributed by atoms with E-state index in [1.807, 2.05) is 18.2 Å². The highest BCUT2D eigenvalue weighted by Crippen LogP contribution is 2.57. The fraction of sp³-hybridized carbons (Fsp3) is 0.500. The largest absolute Gasteiger partial charge is 0.508 e. The van der Waals surface area contributed by atoms with Crippen molar-refractivity contribution in [1.82, 2.24) is 0 Å². The molecule has 0 saturated heterocycles. The summed E-state index contributed by atoms with van der Waals surface area (Å²) < 4.78 is 0. The van der Waals surface area contributed by atoms with Crippen LogP contribution in [0.15, 0.2) is 29.8 Å². The normalized spacial score (nSPS) is 26.1. The van der Waals surface area contributed by atoms with Crippen molar-refractivity contribution in [3.05, 3.63) is 35.4 Å². The SMILES string of the molecule is CCC1/C(=C/c2ccc(O)cc2)C(=O)C(C)(C)C1(C)C. The van der Waals surface area contributed by atoms with Crippen molar-refractivity contribution in [1.29, 1.82) is 0 Å². The van der Waals surface area contributed by atoms with Crippen molar-refractivity contribution in [2.24, 2.45) is 16.7 Å². The first-order valence-electron chi connectivity index (χ1n) is 7.27. The summed E-state index contributed by atoms with van der Waals surface area (Å²) in [4.78, 5) is 12.8. The maximum Gasteiger partial charge on any atom is 0.165 e. The highest BCUT2D eigenvalue weighted by atomic mass is 16.3. The third kappa shape index (κ3) is 2.07. The molecule has 1 fully saturated rings. The summed E-state index contributed by atoms with van der Waals surface area (Å²) in [5.41, 5.74) is 1.52. The number of phenols is 1. The number of hydrogen-bond acceptors (Lipinski definition) is 2. The van der Waals surface area contributed by atoms with E-state index in [0.717, 1.165) is 17.6 Å². The van der Waals surface area contributed by atoms with Crippen LogP contribution < -0.4 is 0 Å². The molecule has 2 rings (SSSR count). The lowest BCUT2D eigenvalue weighted by molar-refractivity contribution is -0.124. The van der Waals surface area contributed by atoms with Gasteiger partial charge in [-0.2, -0.15) is 0 Å². The molecule has 1 aromatic carbocycles. The second kappa shape index (κ2) is 4.76. The van der Waals surface area contributed by atoms with Gasteiger partial charge in [0.25, 0.3) is 0 Å². The molecule has 0 heterocycles. The van der Waals surface area contributed by atoms with Crippen LogP contribution in [0.4, 0.5) is 0 Å². The molecular formula is C18H24O2. The lowest BCUT2D eigenvalue weighted by atomic mass is 9.66. The molecular weight excluding hydrogens is 248 g/mol. The van der Waals surface area contributed by atoms with E-state index in [1.165, 1.54) is 0 Å². The van der Waals surface area contributed by atoms with Gasteiger partial charge in [-0.25, -0.2) is 0 Å². The number of benzene rings is 1. The quantitative estimate of drug-likeness (QED) is 0.808. The molecule has 0 aromatic heterocycles. The summed E-state index contributed by atoms with van der Waals surface area (Å²) in [5, 5.41) is 9.35. The Labute approximate surface area is 121 Å². The summed E-state index contributed by atoms with van der Waals surface area (Å²) in [7, 11) is 0. The van der Waals surface area contributed by atoms with Gasteiger partial charge in [0.05, 0.1) is 0 Å². The Balaban J connectivity index is 2.50. The Morgan fingerprint density at radius 3 is 2.20 bits per heavy atom. The van der Waals surface area contributed by atoms with E-state index in [2.05, 4.69) is 34.6 Å². The van der Waals surface area contributed by atoms with Crippen LogP contribution in [0.25, 0.3) is 6.08 Å². The summed E-state index contributed by atoms with van der Waals surface area (Å²) in [5.74, 6) is 0.777. The standard InChI is InChI=1S/C18H24O2/c1-6-15-14(11-12-7-9-13(19)10-8-12)16(20)18(4,5)17(15,2)3/h7-11,15,19H,6H2,1-5H3/b14-11-. The smallest absolute Gasteiger partial charge is 0.165 e. The predicted molar refractivity (Wildman–Crippen MR) is 82.4 cm³/mol. The number of aromatic hydroxyl groups is 1. The van der Waals surface area contributed by atoms with Gasteiger partial charge in [0.1, 0.15) is 5.75 Å². The van der Waals surface area contributed by atoms with Crippen LogP contribution in [0, 0.1) is 16.7 Å². The first kappa shape index (κ1) is 14.8. The van der Waals surface area contributed by atoms with Gasteiger partial charge < -0.3 is 5.11 Å². The Morgan fingerprint density at radius 2 is 1.70 bits per heavy atom. The van der Waals surface area contributed by atoms with E-state index in [0.29, 0.717) is 0 Å². The molecule has 2 nitrogen and oxygen atoms in total. The van der Waals surface area contributed by atoms with Crippen LogP contribution in [0.2, 0.25) is 0 Å². The fourth-order valence-electron chi connectivity index (χ4n) is 3.28. The lowest BCUT2D eigenvalue weighted by Gasteiger charge is -2.36. The Hall–Kier alpha value is -1.57. The molecule has 1 saturated carbocycles. The molecule has 1 aromatic rings. The van der Waals surface area contributed by atoms with Crippen LogP contribution in [0.3, 0.4) is 0 Å². The summed E-state index contributed by atoms with van der Waals surface area (Å²) in [6, 6.07) is 7.01. The van der Waals surface area contributed by atoms with Gasteiger partial charge in [-0.3, -0.25) is 4.79 Å². The Bertz CT molecular complexity index is 547. The number of rotatable bonds is 2. The third-order valence-electron chi connectivity index (χ3n) is 5.31. The summed E-state index contributed by atoms with van der Waals surface area (Å²) in [6.07, 6.45) is 2.96.